The molecule has 0 aromatic carbocycles. The van der Waals surface area contributed by atoms with Crippen molar-refractivity contribution in [3.63, 3.8) is 0 Å². The molecule has 1 rings (SSSR count). The summed E-state index contributed by atoms with van der Waals surface area (Å²) in [5.41, 5.74) is 1.02. The van der Waals surface area contributed by atoms with Crippen LogP contribution >= 0.6 is 0 Å². The Hall–Kier alpha value is -0.990. The van der Waals surface area contributed by atoms with Crippen LogP contribution in [0.5, 0.6) is 0 Å². The molecule has 60 valence electrons. The predicted octanol–water partition coefficient (Wildman–Crippen LogP) is 1.63. The molecule has 0 amide bonds. The van der Waals surface area contributed by atoms with E-state index < -0.39 is 0 Å². The lowest BCUT2D eigenvalue weighted by Crippen LogP contribution is -2.05. The van der Waals surface area contributed by atoms with Gasteiger partial charge in [-0.05, 0) is 17.2 Å². The van der Waals surface area contributed by atoms with E-state index in [4.69, 9.17) is 0 Å². The molecule has 0 aliphatic heterocycles. The molecule has 3 heteroatoms. The van der Waals surface area contributed by atoms with Crippen LogP contribution in [0.3, 0.4) is 0 Å². The lowest BCUT2D eigenvalue weighted by atomic mass is 9.95. The first-order valence-corrected chi connectivity index (χ1v) is 3.86. The van der Waals surface area contributed by atoms with Gasteiger partial charge in [-0.15, -0.1) is 10.2 Å². The minimum atomic E-state index is 0.463. The molecule has 3 nitrogen and oxygen atoms in total. The van der Waals surface area contributed by atoms with Gasteiger partial charge in [-0.3, -0.25) is 0 Å². The normalized spacial score (nSPS) is 13.5. The Morgan fingerprint density at radius 1 is 1.27 bits per heavy atom. The highest BCUT2D eigenvalue weighted by atomic mass is 15.3. The number of rotatable bonds is 2. The van der Waals surface area contributed by atoms with Crippen LogP contribution in [-0.2, 0) is 0 Å². The van der Waals surface area contributed by atoms with Crippen molar-refractivity contribution < 1.29 is 0 Å². The maximum Gasteiger partial charge on any atom is 0.0695 e. The molecule has 1 atom stereocenters. The van der Waals surface area contributed by atoms with E-state index in [0.29, 0.717) is 11.8 Å². The molecule has 0 aliphatic carbocycles. The molecule has 1 heterocycles. The first-order chi connectivity index (χ1) is 5.22. The van der Waals surface area contributed by atoms with E-state index in [9.17, 15) is 0 Å². The van der Waals surface area contributed by atoms with Crippen LogP contribution in [0.15, 0.2) is 12.3 Å². The van der Waals surface area contributed by atoms with Crippen LogP contribution in [0.4, 0.5) is 0 Å². The molecule has 1 unspecified atom stereocenters. The number of hydrogen-bond acceptors (Lipinski definition) is 3. The molecule has 0 spiro atoms. The van der Waals surface area contributed by atoms with E-state index in [0.717, 1.165) is 5.69 Å². The lowest BCUT2D eigenvalue weighted by Gasteiger charge is -2.12. The summed E-state index contributed by atoms with van der Waals surface area (Å²) >= 11 is 0. The van der Waals surface area contributed by atoms with Crippen molar-refractivity contribution in [1.82, 2.24) is 15.4 Å². The van der Waals surface area contributed by atoms with Gasteiger partial charge >= 0.3 is 0 Å². The average Bonchev–Trinajstić information content (AvgIpc) is 2.05. The van der Waals surface area contributed by atoms with Crippen molar-refractivity contribution in [1.29, 1.82) is 0 Å². The highest BCUT2D eigenvalue weighted by Gasteiger charge is 2.10. The summed E-state index contributed by atoms with van der Waals surface area (Å²) in [5.74, 6) is 1.07. The topological polar surface area (TPSA) is 38.7 Å². The zero-order valence-corrected chi connectivity index (χ0v) is 7.15. The fraction of sp³-hybridized carbons (Fsp3) is 0.625. The largest absolute Gasteiger partial charge is 0.139 e. The zero-order valence-electron chi connectivity index (χ0n) is 7.15. The second-order valence-corrected chi connectivity index (χ2v) is 3.08. The second kappa shape index (κ2) is 3.42. The molecule has 0 bridgehead atoms. The van der Waals surface area contributed by atoms with Gasteiger partial charge in [0, 0.05) is 5.92 Å². The quantitative estimate of drug-likeness (QED) is 0.644. The highest BCUT2D eigenvalue weighted by molar-refractivity contribution is 5.02. The van der Waals surface area contributed by atoms with E-state index in [1.807, 2.05) is 6.07 Å². The van der Waals surface area contributed by atoms with Gasteiger partial charge in [0.05, 0.1) is 11.9 Å². The van der Waals surface area contributed by atoms with Gasteiger partial charge in [-0.25, -0.2) is 0 Å². The average molecular weight is 151 g/mol. The molecule has 0 saturated heterocycles. The van der Waals surface area contributed by atoms with Gasteiger partial charge in [0.15, 0.2) is 0 Å². The monoisotopic (exact) mass is 151 g/mol. The smallest absolute Gasteiger partial charge is 0.0695 e. The number of nitrogens with zero attached hydrogens (tertiary/aromatic N) is 3. The summed E-state index contributed by atoms with van der Waals surface area (Å²) in [6, 6.07) is 1.91. The van der Waals surface area contributed by atoms with Gasteiger partial charge < -0.3 is 0 Å². The summed E-state index contributed by atoms with van der Waals surface area (Å²) in [5, 5.41) is 11.2. The van der Waals surface area contributed by atoms with Crippen LogP contribution in [-0.4, -0.2) is 15.4 Å². The van der Waals surface area contributed by atoms with Crippen molar-refractivity contribution in [2.75, 3.05) is 0 Å². The van der Waals surface area contributed by atoms with Crippen LogP contribution in [0.25, 0.3) is 0 Å². The zero-order chi connectivity index (χ0) is 8.27. The van der Waals surface area contributed by atoms with E-state index in [1.54, 1.807) is 6.20 Å². The van der Waals surface area contributed by atoms with E-state index in [-0.39, 0.29) is 0 Å². The third-order valence-electron chi connectivity index (χ3n) is 1.99. The Morgan fingerprint density at radius 3 is 2.45 bits per heavy atom. The molecule has 11 heavy (non-hydrogen) atoms. The SMILES string of the molecule is CC(C)C(C)c1ccnnn1. The first kappa shape index (κ1) is 8.11. The van der Waals surface area contributed by atoms with Gasteiger partial charge in [0.2, 0.25) is 0 Å². The summed E-state index contributed by atoms with van der Waals surface area (Å²) in [4.78, 5) is 0. The van der Waals surface area contributed by atoms with Crippen molar-refractivity contribution in [2.45, 2.75) is 26.7 Å². The minimum Gasteiger partial charge on any atom is -0.139 e. The fourth-order valence-electron chi connectivity index (χ4n) is 0.835. The van der Waals surface area contributed by atoms with Crippen LogP contribution in [0, 0.1) is 5.92 Å². The third-order valence-corrected chi connectivity index (χ3v) is 1.99. The standard InChI is InChI=1S/C8H13N3/c1-6(2)7(3)8-4-5-9-11-10-8/h4-7H,1-3H3. The Bertz CT molecular complexity index is 208. The van der Waals surface area contributed by atoms with Crippen molar-refractivity contribution in [3.8, 4) is 0 Å². The fourth-order valence-corrected chi connectivity index (χ4v) is 0.835. The van der Waals surface area contributed by atoms with Crippen LogP contribution in [0.1, 0.15) is 32.4 Å². The summed E-state index contributed by atoms with van der Waals surface area (Å²) in [6.07, 6.45) is 1.68. The molecular formula is C8H13N3. The lowest BCUT2D eigenvalue weighted by molar-refractivity contribution is 0.514. The second-order valence-electron chi connectivity index (χ2n) is 3.08. The summed E-state index contributed by atoms with van der Waals surface area (Å²) < 4.78 is 0. The molecule has 0 radical (unpaired) electrons. The van der Waals surface area contributed by atoms with E-state index in [2.05, 4.69) is 36.2 Å². The van der Waals surface area contributed by atoms with Crippen molar-refractivity contribution in [2.24, 2.45) is 5.92 Å². The van der Waals surface area contributed by atoms with Crippen molar-refractivity contribution >= 4 is 0 Å². The van der Waals surface area contributed by atoms with Gasteiger partial charge in [-0.1, -0.05) is 20.8 Å². The molecule has 0 aliphatic rings. The van der Waals surface area contributed by atoms with E-state index in [1.165, 1.54) is 0 Å². The maximum absolute atomic E-state index is 3.94. The number of aromatic nitrogens is 3. The van der Waals surface area contributed by atoms with Crippen molar-refractivity contribution in [3.05, 3.63) is 18.0 Å². The molecule has 1 aromatic heterocycles. The van der Waals surface area contributed by atoms with E-state index >= 15 is 0 Å². The Kier molecular flexibility index (Phi) is 2.52. The minimum absolute atomic E-state index is 0.463. The van der Waals surface area contributed by atoms with Crippen LogP contribution < -0.4 is 0 Å². The molecular weight excluding hydrogens is 138 g/mol. The van der Waals surface area contributed by atoms with Gasteiger partial charge in [0.25, 0.3) is 0 Å². The maximum atomic E-state index is 3.94. The first-order valence-electron chi connectivity index (χ1n) is 3.86. The predicted molar refractivity (Wildman–Crippen MR) is 43.1 cm³/mol. The molecule has 0 fully saturated rings. The highest BCUT2D eigenvalue weighted by Crippen LogP contribution is 2.19. The van der Waals surface area contributed by atoms with Gasteiger partial charge in [0.1, 0.15) is 0 Å². The van der Waals surface area contributed by atoms with Crippen LogP contribution in [0.2, 0.25) is 0 Å². The Labute approximate surface area is 66.9 Å². The molecule has 1 aromatic rings. The third kappa shape index (κ3) is 1.97. The summed E-state index contributed by atoms with van der Waals surface area (Å²) in [6.45, 7) is 6.49. The Balaban J connectivity index is 2.77. The number of hydrogen-bond donors (Lipinski definition) is 0. The molecule has 0 N–H and O–H groups in total. The molecule has 0 saturated carbocycles. The Morgan fingerprint density at radius 2 is 2.00 bits per heavy atom. The summed E-state index contributed by atoms with van der Waals surface area (Å²) in [7, 11) is 0. The van der Waals surface area contributed by atoms with Gasteiger partial charge in [-0.2, -0.15) is 0 Å².